The molecule has 0 aliphatic rings. The van der Waals surface area contributed by atoms with Crippen molar-refractivity contribution in [2.45, 2.75) is 19.6 Å². The first-order valence-electron chi connectivity index (χ1n) is 6.86. The van der Waals surface area contributed by atoms with Crippen molar-refractivity contribution >= 4 is 0 Å². The summed E-state index contributed by atoms with van der Waals surface area (Å²) in [4.78, 5) is 2.07. The van der Waals surface area contributed by atoms with Crippen molar-refractivity contribution in [3.05, 3.63) is 29.3 Å². The number of aryl methyl sites for hydroxylation is 2. The predicted molar refractivity (Wildman–Crippen MR) is 79.3 cm³/mol. The van der Waals surface area contributed by atoms with Crippen LogP contribution in [-0.2, 0) is 13.6 Å². The maximum absolute atomic E-state index is 10.7. The second-order valence-corrected chi connectivity index (χ2v) is 5.37. The molecule has 21 heavy (non-hydrogen) atoms. The molecular weight excluding hydrogens is 270 g/mol. The maximum Gasteiger partial charge on any atom is 0.163 e. The van der Waals surface area contributed by atoms with Crippen LogP contribution in [-0.4, -0.2) is 57.3 Å². The lowest BCUT2D eigenvalue weighted by atomic mass is 10.1. The van der Waals surface area contributed by atoms with Gasteiger partial charge in [-0.1, -0.05) is 0 Å². The van der Waals surface area contributed by atoms with Crippen molar-refractivity contribution in [3.63, 3.8) is 0 Å². The van der Waals surface area contributed by atoms with E-state index in [2.05, 4.69) is 15.1 Å². The molecule has 7 heteroatoms. The molecule has 0 saturated carbocycles. The van der Waals surface area contributed by atoms with Gasteiger partial charge in [0.2, 0.25) is 0 Å². The second kappa shape index (κ2) is 6.28. The summed E-state index contributed by atoms with van der Waals surface area (Å²) in [6.45, 7) is 3.39. The van der Waals surface area contributed by atoms with Crippen molar-refractivity contribution in [2.75, 3.05) is 27.7 Å². The Morgan fingerprint density at radius 1 is 1.43 bits per heavy atom. The topological polar surface area (TPSA) is 68.3 Å². The first-order chi connectivity index (χ1) is 9.93. The summed E-state index contributed by atoms with van der Waals surface area (Å²) in [5.41, 5.74) is 2.23. The Labute approximate surface area is 124 Å². The van der Waals surface area contributed by atoms with Crippen LogP contribution in [0.25, 0.3) is 0 Å². The van der Waals surface area contributed by atoms with E-state index in [-0.39, 0.29) is 0 Å². The van der Waals surface area contributed by atoms with Crippen molar-refractivity contribution < 1.29 is 9.84 Å². The normalized spacial score (nSPS) is 12.9. The molecule has 116 valence electrons. The predicted octanol–water partition coefficient (Wildman–Crippen LogP) is 0.577. The summed E-state index contributed by atoms with van der Waals surface area (Å²) in [5, 5.41) is 19.3. The van der Waals surface area contributed by atoms with Gasteiger partial charge in [0, 0.05) is 25.4 Å². The molecular formula is C14H23N5O2. The van der Waals surface area contributed by atoms with E-state index in [1.807, 2.05) is 34.3 Å². The van der Waals surface area contributed by atoms with Gasteiger partial charge in [0.05, 0.1) is 25.5 Å². The highest BCUT2D eigenvalue weighted by Gasteiger charge is 2.24. The summed E-state index contributed by atoms with van der Waals surface area (Å²) in [6, 6.07) is 0. The molecule has 1 unspecified atom stereocenters. The fraction of sp³-hybridized carbons (Fsp3) is 0.571. The minimum absolute atomic E-state index is 0.588. The molecule has 2 aromatic heterocycles. The summed E-state index contributed by atoms with van der Waals surface area (Å²) in [5.74, 6) is 0.588. The Morgan fingerprint density at radius 2 is 2.14 bits per heavy atom. The van der Waals surface area contributed by atoms with Crippen molar-refractivity contribution in [1.29, 1.82) is 0 Å². The highest BCUT2D eigenvalue weighted by Crippen LogP contribution is 2.31. The number of aromatic nitrogens is 4. The van der Waals surface area contributed by atoms with Crippen LogP contribution in [0.1, 0.15) is 23.1 Å². The lowest BCUT2D eigenvalue weighted by molar-refractivity contribution is 0.199. The molecule has 0 aliphatic carbocycles. The highest BCUT2D eigenvalue weighted by molar-refractivity contribution is 5.35. The smallest absolute Gasteiger partial charge is 0.163 e. The molecule has 2 rings (SSSR count). The van der Waals surface area contributed by atoms with Crippen molar-refractivity contribution in [2.24, 2.45) is 7.05 Å². The molecule has 1 N–H and O–H groups in total. The van der Waals surface area contributed by atoms with E-state index in [0.29, 0.717) is 18.0 Å². The zero-order valence-electron chi connectivity index (χ0n) is 13.2. The molecule has 7 nitrogen and oxygen atoms in total. The molecule has 2 aromatic rings. The SMILES string of the molecule is COc1cnn(CCN(C)C)c1C(O)c1cn(C)nc1C. The number of methoxy groups -OCH3 is 1. The third kappa shape index (κ3) is 3.25. The summed E-state index contributed by atoms with van der Waals surface area (Å²) in [7, 11) is 7.42. The van der Waals surface area contributed by atoms with E-state index in [4.69, 9.17) is 4.74 Å². The fourth-order valence-corrected chi connectivity index (χ4v) is 2.32. The van der Waals surface area contributed by atoms with Gasteiger partial charge in [-0.3, -0.25) is 9.36 Å². The van der Waals surface area contributed by atoms with Gasteiger partial charge in [0.1, 0.15) is 11.8 Å². The average Bonchev–Trinajstić information content (AvgIpc) is 2.98. The highest BCUT2D eigenvalue weighted by atomic mass is 16.5. The minimum Gasteiger partial charge on any atom is -0.493 e. The number of ether oxygens (including phenoxy) is 1. The van der Waals surface area contributed by atoms with Gasteiger partial charge in [-0.2, -0.15) is 10.2 Å². The lowest BCUT2D eigenvalue weighted by Gasteiger charge is -2.16. The van der Waals surface area contributed by atoms with Crippen LogP contribution in [0.3, 0.4) is 0 Å². The van der Waals surface area contributed by atoms with Crippen LogP contribution >= 0.6 is 0 Å². The molecule has 0 fully saturated rings. The van der Waals surface area contributed by atoms with Crippen LogP contribution in [0.4, 0.5) is 0 Å². The van der Waals surface area contributed by atoms with Crippen LogP contribution in [0.15, 0.2) is 12.4 Å². The monoisotopic (exact) mass is 293 g/mol. The van der Waals surface area contributed by atoms with Gasteiger partial charge in [-0.15, -0.1) is 0 Å². The van der Waals surface area contributed by atoms with Gasteiger partial charge in [-0.25, -0.2) is 0 Å². The first-order valence-corrected chi connectivity index (χ1v) is 6.86. The molecule has 0 aromatic carbocycles. The molecule has 0 saturated heterocycles. The first kappa shape index (κ1) is 15.5. The quantitative estimate of drug-likeness (QED) is 0.843. The third-order valence-electron chi connectivity index (χ3n) is 3.43. The number of nitrogens with zero attached hydrogens (tertiary/aromatic N) is 5. The number of aliphatic hydroxyl groups excluding tert-OH is 1. The van der Waals surface area contributed by atoms with E-state index in [0.717, 1.165) is 17.8 Å². The third-order valence-corrected chi connectivity index (χ3v) is 3.43. The molecule has 2 heterocycles. The van der Waals surface area contributed by atoms with Crippen LogP contribution in [0, 0.1) is 6.92 Å². The van der Waals surface area contributed by atoms with Crippen LogP contribution < -0.4 is 4.74 Å². The van der Waals surface area contributed by atoms with Gasteiger partial charge >= 0.3 is 0 Å². The van der Waals surface area contributed by atoms with Gasteiger partial charge in [-0.05, 0) is 21.0 Å². The van der Waals surface area contributed by atoms with Gasteiger partial charge in [0.15, 0.2) is 5.75 Å². The number of hydrogen-bond donors (Lipinski definition) is 1. The van der Waals surface area contributed by atoms with Crippen LogP contribution in [0.5, 0.6) is 5.75 Å². The van der Waals surface area contributed by atoms with E-state index in [1.165, 1.54) is 0 Å². The van der Waals surface area contributed by atoms with E-state index >= 15 is 0 Å². The van der Waals surface area contributed by atoms with Crippen molar-refractivity contribution in [1.82, 2.24) is 24.5 Å². The summed E-state index contributed by atoms with van der Waals surface area (Å²) < 4.78 is 8.82. The van der Waals surface area contributed by atoms with E-state index in [9.17, 15) is 5.11 Å². The Kier molecular flexibility index (Phi) is 4.64. The zero-order chi connectivity index (χ0) is 15.6. The lowest BCUT2D eigenvalue weighted by Crippen LogP contribution is -2.21. The van der Waals surface area contributed by atoms with Crippen molar-refractivity contribution in [3.8, 4) is 5.75 Å². The standard InChI is InChI=1S/C14H23N5O2/c1-10-11(9-18(4)16-10)14(20)13-12(21-5)8-15-19(13)7-6-17(2)3/h8-9,14,20H,6-7H2,1-5H3. The Balaban J connectivity index is 2.36. The fourth-order valence-electron chi connectivity index (χ4n) is 2.32. The molecule has 1 atom stereocenters. The molecule has 0 aliphatic heterocycles. The zero-order valence-corrected chi connectivity index (χ0v) is 13.2. The largest absolute Gasteiger partial charge is 0.493 e. The molecule has 0 bridgehead atoms. The number of aliphatic hydroxyl groups is 1. The van der Waals surface area contributed by atoms with Gasteiger partial charge in [0.25, 0.3) is 0 Å². The second-order valence-electron chi connectivity index (χ2n) is 5.37. The number of rotatable bonds is 6. The summed E-state index contributed by atoms with van der Waals surface area (Å²) in [6.07, 6.45) is 2.65. The maximum atomic E-state index is 10.7. The molecule has 0 radical (unpaired) electrons. The number of hydrogen-bond acceptors (Lipinski definition) is 5. The molecule has 0 spiro atoms. The van der Waals surface area contributed by atoms with E-state index < -0.39 is 6.10 Å². The van der Waals surface area contributed by atoms with E-state index in [1.54, 1.807) is 22.7 Å². The Morgan fingerprint density at radius 3 is 2.67 bits per heavy atom. The average molecular weight is 293 g/mol. The summed E-state index contributed by atoms with van der Waals surface area (Å²) >= 11 is 0. The Hall–Kier alpha value is -1.86. The number of likely N-dealkylation sites (N-methyl/N-ethyl adjacent to an activating group) is 1. The minimum atomic E-state index is -0.807. The van der Waals surface area contributed by atoms with Crippen LogP contribution in [0.2, 0.25) is 0 Å². The van der Waals surface area contributed by atoms with Gasteiger partial charge < -0.3 is 14.7 Å². The Bertz CT molecular complexity index is 603. The molecule has 0 amide bonds.